The first kappa shape index (κ1) is 20.9. The van der Waals surface area contributed by atoms with Gasteiger partial charge in [-0.1, -0.05) is 42.5 Å². The molecule has 1 heterocycles. The van der Waals surface area contributed by atoms with Crippen molar-refractivity contribution in [2.45, 2.75) is 0 Å². The van der Waals surface area contributed by atoms with Gasteiger partial charge in [-0.15, -0.1) is 6.58 Å². The number of amides is 3. The average molecular weight is 421 g/mol. The van der Waals surface area contributed by atoms with Gasteiger partial charge in [-0.05, 0) is 36.5 Å². The first-order chi connectivity index (χ1) is 14.5. The van der Waals surface area contributed by atoms with Crippen LogP contribution in [0.2, 0.25) is 0 Å². The van der Waals surface area contributed by atoms with E-state index in [1.165, 1.54) is 17.1 Å². The van der Waals surface area contributed by atoms with Gasteiger partial charge in [0, 0.05) is 17.8 Å². The van der Waals surface area contributed by atoms with Gasteiger partial charge in [0.15, 0.2) is 11.7 Å². The molecule has 2 aromatic rings. The molecule has 1 aliphatic heterocycles. The van der Waals surface area contributed by atoms with Crippen molar-refractivity contribution in [3.05, 3.63) is 78.4 Å². The van der Waals surface area contributed by atoms with Crippen molar-refractivity contribution >= 4 is 46.8 Å². The minimum absolute atomic E-state index is 0.0316. The molecule has 0 radical (unpaired) electrons. The SMILES string of the molecule is C=CCN1C(=O)/C(=C/c2ccccc2OCC(=O)Nc2ccccc2)C(=O)NC1=S. The molecule has 0 spiro atoms. The van der Waals surface area contributed by atoms with Gasteiger partial charge >= 0.3 is 0 Å². The van der Waals surface area contributed by atoms with Crippen molar-refractivity contribution in [2.75, 3.05) is 18.5 Å². The second-order valence-electron chi connectivity index (χ2n) is 6.26. The number of carbonyl (C=O) groups excluding carboxylic acids is 3. The van der Waals surface area contributed by atoms with E-state index >= 15 is 0 Å². The predicted octanol–water partition coefficient (Wildman–Crippen LogP) is 2.52. The maximum Gasteiger partial charge on any atom is 0.265 e. The molecule has 0 saturated carbocycles. The second-order valence-corrected chi connectivity index (χ2v) is 6.65. The summed E-state index contributed by atoms with van der Waals surface area (Å²) in [5.74, 6) is -1.10. The Morgan fingerprint density at radius 1 is 1.13 bits per heavy atom. The quantitative estimate of drug-likeness (QED) is 0.310. The molecule has 1 aliphatic rings. The third kappa shape index (κ3) is 4.98. The van der Waals surface area contributed by atoms with Gasteiger partial charge in [-0.2, -0.15) is 0 Å². The van der Waals surface area contributed by atoms with Gasteiger partial charge in [-0.3, -0.25) is 24.6 Å². The van der Waals surface area contributed by atoms with Crippen molar-refractivity contribution in [3.8, 4) is 5.75 Å². The van der Waals surface area contributed by atoms with Crippen molar-refractivity contribution in [1.82, 2.24) is 10.2 Å². The lowest BCUT2D eigenvalue weighted by atomic mass is 10.1. The Kier molecular flexibility index (Phi) is 6.71. The number of thiocarbonyl (C=S) groups is 1. The standard InChI is InChI=1S/C22H19N3O4S/c1-2-12-25-21(28)17(20(27)24-22(25)30)13-15-8-6-7-11-18(15)29-14-19(26)23-16-9-4-3-5-10-16/h2-11,13H,1,12,14H2,(H,23,26)(H,24,27,30)/b17-13+. The molecule has 0 bridgehead atoms. The van der Waals surface area contributed by atoms with Crippen LogP contribution in [0.1, 0.15) is 5.56 Å². The minimum Gasteiger partial charge on any atom is -0.483 e. The molecule has 1 fully saturated rings. The largest absolute Gasteiger partial charge is 0.483 e. The number of anilines is 1. The molecule has 2 N–H and O–H groups in total. The van der Waals surface area contributed by atoms with Crippen molar-refractivity contribution < 1.29 is 19.1 Å². The van der Waals surface area contributed by atoms with E-state index in [2.05, 4.69) is 17.2 Å². The maximum atomic E-state index is 12.7. The van der Waals surface area contributed by atoms with Crippen molar-refractivity contribution in [1.29, 1.82) is 0 Å². The van der Waals surface area contributed by atoms with E-state index in [-0.39, 0.29) is 29.7 Å². The zero-order valence-corrected chi connectivity index (χ0v) is 16.8. The van der Waals surface area contributed by atoms with E-state index in [0.717, 1.165) is 0 Å². The highest BCUT2D eigenvalue weighted by atomic mass is 32.1. The van der Waals surface area contributed by atoms with Crippen LogP contribution in [-0.2, 0) is 14.4 Å². The molecule has 0 unspecified atom stereocenters. The third-order valence-electron chi connectivity index (χ3n) is 4.13. The van der Waals surface area contributed by atoms with Crippen LogP contribution >= 0.6 is 12.2 Å². The lowest BCUT2D eigenvalue weighted by Gasteiger charge is -2.27. The molecule has 3 rings (SSSR count). The summed E-state index contributed by atoms with van der Waals surface area (Å²) >= 11 is 5.04. The molecule has 0 aromatic heterocycles. The molecule has 152 valence electrons. The molecule has 30 heavy (non-hydrogen) atoms. The summed E-state index contributed by atoms with van der Waals surface area (Å²) in [6.07, 6.45) is 2.93. The molecule has 7 nitrogen and oxygen atoms in total. The molecule has 8 heteroatoms. The van der Waals surface area contributed by atoms with Gasteiger partial charge in [0.2, 0.25) is 0 Å². The van der Waals surface area contributed by atoms with Crippen LogP contribution < -0.4 is 15.4 Å². The monoisotopic (exact) mass is 421 g/mol. The lowest BCUT2D eigenvalue weighted by molar-refractivity contribution is -0.128. The third-order valence-corrected chi connectivity index (χ3v) is 4.46. The molecule has 0 aliphatic carbocycles. The molecule has 3 amide bonds. The summed E-state index contributed by atoms with van der Waals surface area (Å²) in [7, 11) is 0. The summed E-state index contributed by atoms with van der Waals surface area (Å²) in [5.41, 5.74) is 1.05. The number of nitrogens with zero attached hydrogens (tertiary/aromatic N) is 1. The highest BCUT2D eigenvalue weighted by molar-refractivity contribution is 7.80. The number of carbonyl (C=O) groups is 3. The van der Waals surface area contributed by atoms with Gasteiger partial charge in [0.05, 0.1) is 0 Å². The number of ether oxygens (including phenoxy) is 1. The first-order valence-corrected chi connectivity index (χ1v) is 9.47. The van der Waals surface area contributed by atoms with Crippen LogP contribution in [-0.4, -0.2) is 40.9 Å². The Hall–Kier alpha value is -3.78. The van der Waals surface area contributed by atoms with E-state index in [1.807, 2.05) is 18.2 Å². The average Bonchev–Trinajstić information content (AvgIpc) is 2.74. The molecule has 0 atom stereocenters. The Morgan fingerprint density at radius 3 is 2.57 bits per heavy atom. The normalized spacial score (nSPS) is 15.0. The van der Waals surface area contributed by atoms with Crippen LogP contribution in [0.3, 0.4) is 0 Å². The number of para-hydroxylation sites is 2. The fourth-order valence-electron chi connectivity index (χ4n) is 2.74. The lowest BCUT2D eigenvalue weighted by Crippen LogP contribution is -2.53. The van der Waals surface area contributed by atoms with E-state index < -0.39 is 11.8 Å². The molecular formula is C22H19N3O4S. The molecule has 1 saturated heterocycles. The molecular weight excluding hydrogens is 402 g/mol. The Balaban J connectivity index is 1.76. The van der Waals surface area contributed by atoms with Gasteiger partial charge < -0.3 is 10.1 Å². The summed E-state index contributed by atoms with van der Waals surface area (Å²) < 4.78 is 5.62. The number of nitrogens with one attached hydrogen (secondary N) is 2. The Bertz CT molecular complexity index is 1030. The van der Waals surface area contributed by atoms with Crippen LogP contribution in [0.5, 0.6) is 5.75 Å². The molecule has 2 aromatic carbocycles. The van der Waals surface area contributed by atoms with E-state index in [9.17, 15) is 14.4 Å². The summed E-state index contributed by atoms with van der Waals surface area (Å²) in [6.45, 7) is 3.53. The summed E-state index contributed by atoms with van der Waals surface area (Å²) in [4.78, 5) is 38.4. The van der Waals surface area contributed by atoms with E-state index in [0.29, 0.717) is 17.0 Å². The topological polar surface area (TPSA) is 87.7 Å². The summed E-state index contributed by atoms with van der Waals surface area (Å²) in [5, 5.41) is 5.24. The van der Waals surface area contributed by atoms with E-state index in [1.54, 1.807) is 36.4 Å². The number of hydrogen-bond acceptors (Lipinski definition) is 5. The summed E-state index contributed by atoms with van der Waals surface area (Å²) in [6, 6.07) is 15.8. The fourth-order valence-corrected chi connectivity index (χ4v) is 2.99. The van der Waals surface area contributed by atoms with E-state index in [4.69, 9.17) is 17.0 Å². The van der Waals surface area contributed by atoms with Gasteiger partial charge in [0.1, 0.15) is 11.3 Å². The van der Waals surface area contributed by atoms with Gasteiger partial charge in [-0.25, -0.2) is 0 Å². The van der Waals surface area contributed by atoms with Crippen LogP contribution in [0, 0.1) is 0 Å². The number of benzene rings is 2. The van der Waals surface area contributed by atoms with Crippen LogP contribution in [0.25, 0.3) is 6.08 Å². The second kappa shape index (κ2) is 9.62. The first-order valence-electron chi connectivity index (χ1n) is 9.06. The zero-order valence-electron chi connectivity index (χ0n) is 16.0. The minimum atomic E-state index is -0.595. The Labute approximate surface area is 179 Å². The zero-order chi connectivity index (χ0) is 21.5. The van der Waals surface area contributed by atoms with Crippen LogP contribution in [0.4, 0.5) is 5.69 Å². The van der Waals surface area contributed by atoms with Gasteiger partial charge in [0.25, 0.3) is 17.7 Å². The highest BCUT2D eigenvalue weighted by Crippen LogP contribution is 2.23. The van der Waals surface area contributed by atoms with Crippen molar-refractivity contribution in [2.24, 2.45) is 0 Å². The predicted molar refractivity (Wildman–Crippen MR) is 118 cm³/mol. The van der Waals surface area contributed by atoms with Crippen LogP contribution in [0.15, 0.2) is 72.8 Å². The highest BCUT2D eigenvalue weighted by Gasteiger charge is 2.32. The number of rotatable bonds is 7. The van der Waals surface area contributed by atoms with Crippen molar-refractivity contribution in [3.63, 3.8) is 0 Å². The maximum absolute atomic E-state index is 12.7. The number of hydrogen-bond donors (Lipinski definition) is 2. The Morgan fingerprint density at radius 2 is 1.83 bits per heavy atom. The fraction of sp³-hybridized carbons (Fsp3) is 0.0909. The smallest absolute Gasteiger partial charge is 0.265 e.